The number of piperidine rings is 1. The molecule has 1 aliphatic carbocycles. The fourth-order valence-electron chi connectivity index (χ4n) is 7.44. The Kier molecular flexibility index (Phi) is 9.20. The maximum atomic E-state index is 15.1. The molecule has 0 radical (unpaired) electrons. The lowest BCUT2D eigenvalue weighted by Gasteiger charge is -2.41. The van der Waals surface area contributed by atoms with E-state index < -0.39 is 17.8 Å². The first kappa shape index (κ1) is 30.2. The molecule has 2 atom stereocenters. The smallest absolute Gasteiger partial charge is 0.257 e. The van der Waals surface area contributed by atoms with Crippen molar-refractivity contribution in [3.05, 3.63) is 88.7 Å². The van der Waals surface area contributed by atoms with Gasteiger partial charge in [-0.15, -0.1) is 0 Å². The van der Waals surface area contributed by atoms with Crippen LogP contribution in [0.3, 0.4) is 0 Å². The van der Waals surface area contributed by atoms with E-state index in [4.69, 9.17) is 0 Å². The largest absolute Gasteiger partial charge is 0.382 e. The first-order valence-corrected chi connectivity index (χ1v) is 16.5. The molecule has 232 valence electrons. The Hall–Kier alpha value is -3.87. The van der Waals surface area contributed by atoms with E-state index in [2.05, 4.69) is 46.7 Å². The monoisotopic (exact) mass is 596 g/mol. The summed E-state index contributed by atoms with van der Waals surface area (Å²) in [5.41, 5.74) is 5.75. The van der Waals surface area contributed by atoms with Gasteiger partial charge in [0.1, 0.15) is 5.82 Å². The lowest BCUT2D eigenvalue weighted by Crippen LogP contribution is -2.46. The molecule has 0 bridgehead atoms. The minimum absolute atomic E-state index is 0.0860. The summed E-state index contributed by atoms with van der Waals surface area (Å²) in [6.07, 6.45) is 9.83. The Balaban J connectivity index is 1.30. The highest BCUT2D eigenvalue weighted by Crippen LogP contribution is 2.39. The molecule has 6 rings (SSSR count). The normalized spacial score (nSPS) is 20.9. The van der Waals surface area contributed by atoms with Crippen molar-refractivity contribution in [3.8, 4) is 0 Å². The summed E-state index contributed by atoms with van der Waals surface area (Å²) in [7, 11) is 0. The summed E-state index contributed by atoms with van der Waals surface area (Å²) in [5.74, 6) is -1.48. The molecule has 0 aromatic heterocycles. The van der Waals surface area contributed by atoms with Crippen LogP contribution in [0.15, 0.2) is 60.7 Å². The molecule has 3 aliphatic rings. The van der Waals surface area contributed by atoms with Crippen LogP contribution in [0.5, 0.6) is 0 Å². The number of halogens is 1. The van der Waals surface area contributed by atoms with Gasteiger partial charge in [0, 0.05) is 42.7 Å². The van der Waals surface area contributed by atoms with Crippen molar-refractivity contribution in [1.29, 1.82) is 0 Å². The Labute approximate surface area is 261 Å². The predicted molar refractivity (Wildman–Crippen MR) is 176 cm³/mol. The van der Waals surface area contributed by atoms with E-state index in [9.17, 15) is 9.59 Å². The predicted octanol–water partition coefficient (Wildman–Crippen LogP) is 8.02. The molecule has 1 unspecified atom stereocenters. The second kappa shape index (κ2) is 13.4. The third-order valence-electron chi connectivity index (χ3n) is 9.82. The number of aryl methyl sites for hydroxylation is 2. The molecule has 3 aromatic carbocycles. The van der Waals surface area contributed by atoms with Crippen LogP contribution in [-0.4, -0.2) is 42.4 Å². The molecular weight excluding hydrogens is 551 g/mol. The van der Waals surface area contributed by atoms with Gasteiger partial charge < -0.3 is 20.4 Å². The van der Waals surface area contributed by atoms with Gasteiger partial charge in [-0.2, -0.15) is 0 Å². The van der Waals surface area contributed by atoms with Crippen LogP contribution in [0.4, 0.5) is 21.5 Å². The Bertz CT molecular complexity index is 1460. The van der Waals surface area contributed by atoms with Gasteiger partial charge in [-0.05, 0) is 99.4 Å². The molecule has 7 heteroatoms. The molecule has 2 saturated heterocycles. The van der Waals surface area contributed by atoms with Gasteiger partial charge in [0.2, 0.25) is 5.91 Å². The molecule has 44 heavy (non-hydrogen) atoms. The number of carbonyl (C=O) groups excluding carboxylic acids is 2. The van der Waals surface area contributed by atoms with Gasteiger partial charge in [-0.25, -0.2) is 4.39 Å². The fraction of sp³-hybridized carbons (Fsp3) is 0.459. The number of rotatable bonds is 7. The second-order valence-electron chi connectivity index (χ2n) is 12.9. The van der Waals surface area contributed by atoms with Crippen molar-refractivity contribution in [1.82, 2.24) is 4.90 Å². The highest BCUT2D eigenvalue weighted by molar-refractivity contribution is 5.98. The summed E-state index contributed by atoms with van der Waals surface area (Å²) >= 11 is 0. The number of benzene rings is 3. The highest BCUT2D eigenvalue weighted by Gasteiger charge is 2.40. The van der Waals surface area contributed by atoms with Crippen molar-refractivity contribution in [2.24, 2.45) is 5.92 Å². The number of nitrogens with zero attached hydrogens (tertiary/aromatic N) is 2. The second-order valence-corrected chi connectivity index (χ2v) is 12.9. The van der Waals surface area contributed by atoms with E-state index in [1.54, 1.807) is 24.0 Å². The SMILES string of the molecule is Cc1ccc(NC(=O)C2CCCN(C(=O)c3c(C)cccc3F)[C@H]2c2ccc(NC3CCCCC3)cc2)cc1N1CCCC1. The van der Waals surface area contributed by atoms with Crippen LogP contribution >= 0.6 is 0 Å². The van der Waals surface area contributed by atoms with Crippen LogP contribution in [0, 0.1) is 25.6 Å². The maximum absolute atomic E-state index is 15.1. The van der Waals surface area contributed by atoms with Gasteiger partial charge >= 0.3 is 0 Å². The Morgan fingerprint density at radius 1 is 0.773 bits per heavy atom. The third kappa shape index (κ3) is 6.47. The summed E-state index contributed by atoms with van der Waals surface area (Å²) in [4.78, 5) is 32.2. The molecule has 2 aliphatic heterocycles. The number of nitrogens with one attached hydrogen (secondary N) is 2. The lowest BCUT2D eigenvalue weighted by molar-refractivity contribution is -0.123. The van der Waals surface area contributed by atoms with Gasteiger partial charge in [-0.1, -0.05) is 49.6 Å². The van der Waals surface area contributed by atoms with Gasteiger partial charge in [-0.3, -0.25) is 9.59 Å². The van der Waals surface area contributed by atoms with E-state index in [-0.39, 0.29) is 17.4 Å². The summed E-state index contributed by atoms with van der Waals surface area (Å²) < 4.78 is 15.1. The number of hydrogen-bond donors (Lipinski definition) is 2. The van der Waals surface area contributed by atoms with Gasteiger partial charge in [0.15, 0.2) is 0 Å². The van der Waals surface area contributed by atoms with Crippen molar-refractivity contribution < 1.29 is 14.0 Å². The van der Waals surface area contributed by atoms with Crippen LogP contribution in [0.1, 0.15) is 90.9 Å². The minimum atomic E-state index is -0.526. The first-order chi connectivity index (χ1) is 21.4. The summed E-state index contributed by atoms with van der Waals surface area (Å²) in [5, 5.41) is 6.87. The van der Waals surface area contributed by atoms with Crippen LogP contribution in [0.2, 0.25) is 0 Å². The zero-order valence-electron chi connectivity index (χ0n) is 26.1. The molecule has 2 amide bonds. The van der Waals surface area contributed by atoms with Crippen LogP contribution in [0.25, 0.3) is 0 Å². The third-order valence-corrected chi connectivity index (χ3v) is 9.82. The average Bonchev–Trinajstić information content (AvgIpc) is 3.57. The number of carbonyl (C=O) groups is 2. The van der Waals surface area contributed by atoms with Gasteiger partial charge in [0.25, 0.3) is 5.91 Å². The zero-order chi connectivity index (χ0) is 30.6. The van der Waals surface area contributed by atoms with Crippen molar-refractivity contribution >= 4 is 28.9 Å². The fourth-order valence-corrected chi connectivity index (χ4v) is 7.44. The number of likely N-dealkylation sites (tertiary alicyclic amines) is 1. The quantitative estimate of drug-likeness (QED) is 0.290. The van der Waals surface area contributed by atoms with E-state index in [0.29, 0.717) is 31.0 Å². The summed E-state index contributed by atoms with van der Waals surface area (Å²) in [6.45, 7) is 6.40. The molecule has 3 fully saturated rings. The number of amides is 2. The summed E-state index contributed by atoms with van der Waals surface area (Å²) in [6, 6.07) is 19.0. The standard InChI is InChI=1S/C37H45FN4O2/c1-25-15-18-30(24-33(25)41-21-6-7-22-41)40-36(43)31-13-9-23-42(37(44)34-26(2)10-8-14-32(34)38)35(31)27-16-19-29(20-17-27)39-28-11-4-3-5-12-28/h8,10,14-20,24,28,31,35,39H,3-7,9,11-13,21-23H2,1-2H3,(H,40,43)/t31?,35-/m0/s1. The van der Waals surface area contributed by atoms with E-state index in [0.717, 1.165) is 35.7 Å². The van der Waals surface area contributed by atoms with Gasteiger partial charge in [0.05, 0.1) is 17.5 Å². The number of hydrogen-bond acceptors (Lipinski definition) is 4. The van der Waals surface area contributed by atoms with E-state index >= 15 is 4.39 Å². The zero-order valence-corrected chi connectivity index (χ0v) is 26.1. The topological polar surface area (TPSA) is 64.7 Å². The van der Waals surface area contributed by atoms with Crippen molar-refractivity contribution in [3.63, 3.8) is 0 Å². The lowest BCUT2D eigenvalue weighted by atomic mass is 9.83. The molecule has 2 N–H and O–H groups in total. The van der Waals surface area contributed by atoms with E-state index in [1.807, 2.05) is 18.2 Å². The van der Waals surface area contributed by atoms with Crippen molar-refractivity contribution in [2.45, 2.75) is 83.7 Å². The first-order valence-electron chi connectivity index (χ1n) is 16.5. The Morgan fingerprint density at radius 2 is 1.50 bits per heavy atom. The molecule has 6 nitrogen and oxygen atoms in total. The molecule has 2 heterocycles. The highest BCUT2D eigenvalue weighted by atomic mass is 19.1. The van der Waals surface area contributed by atoms with Crippen molar-refractivity contribution in [2.75, 3.05) is 35.2 Å². The molecule has 3 aromatic rings. The molecule has 1 saturated carbocycles. The number of anilines is 3. The van der Waals surface area contributed by atoms with E-state index in [1.165, 1.54) is 56.6 Å². The molecule has 0 spiro atoms. The molecular formula is C37H45FN4O2. The maximum Gasteiger partial charge on any atom is 0.257 e. The average molecular weight is 597 g/mol. The Morgan fingerprint density at radius 3 is 2.23 bits per heavy atom. The minimum Gasteiger partial charge on any atom is -0.382 e. The van der Waals surface area contributed by atoms with Crippen LogP contribution in [-0.2, 0) is 4.79 Å². The van der Waals surface area contributed by atoms with Crippen LogP contribution < -0.4 is 15.5 Å².